The van der Waals surface area contributed by atoms with Gasteiger partial charge in [-0.05, 0) is 35.4 Å². The number of ether oxygens (including phenoxy) is 3. The van der Waals surface area contributed by atoms with Crippen molar-refractivity contribution in [3.63, 3.8) is 0 Å². The highest BCUT2D eigenvalue weighted by Gasteiger charge is 2.14. The summed E-state index contributed by atoms with van der Waals surface area (Å²) >= 11 is 3.41. The fourth-order valence-corrected chi connectivity index (χ4v) is 2.19. The van der Waals surface area contributed by atoms with Gasteiger partial charge in [0.1, 0.15) is 6.61 Å². The zero-order valence-corrected chi connectivity index (χ0v) is 13.6. The van der Waals surface area contributed by atoms with Gasteiger partial charge in [0, 0.05) is 11.0 Å². The minimum atomic E-state index is 0.416. The molecule has 112 valence electrons. The number of benzene rings is 2. The van der Waals surface area contributed by atoms with Crippen LogP contribution in [0.1, 0.15) is 11.1 Å². The molecule has 0 saturated carbocycles. The molecule has 0 saturated heterocycles. The van der Waals surface area contributed by atoms with E-state index in [1.807, 2.05) is 36.4 Å². The highest BCUT2D eigenvalue weighted by Crippen LogP contribution is 2.39. The van der Waals surface area contributed by atoms with Crippen molar-refractivity contribution in [1.82, 2.24) is 0 Å². The Hall–Kier alpha value is -1.72. The highest BCUT2D eigenvalue weighted by molar-refractivity contribution is 9.10. The molecule has 0 heterocycles. The van der Waals surface area contributed by atoms with E-state index < -0.39 is 0 Å². The van der Waals surface area contributed by atoms with Crippen molar-refractivity contribution >= 4 is 15.9 Å². The fraction of sp³-hybridized carbons (Fsp3) is 0.250. The van der Waals surface area contributed by atoms with Crippen LogP contribution in [-0.4, -0.2) is 14.2 Å². The first-order valence-electron chi connectivity index (χ1n) is 6.50. The van der Waals surface area contributed by atoms with Crippen molar-refractivity contribution in [2.45, 2.75) is 13.2 Å². The third-order valence-corrected chi connectivity index (χ3v) is 3.58. The van der Waals surface area contributed by atoms with Crippen LogP contribution in [0.25, 0.3) is 0 Å². The Kier molecular flexibility index (Phi) is 5.47. The first-order valence-corrected chi connectivity index (χ1v) is 7.29. The number of methoxy groups -OCH3 is 2. The van der Waals surface area contributed by atoms with Crippen LogP contribution in [-0.2, 0) is 13.2 Å². The number of halogens is 1. The topological polar surface area (TPSA) is 53.7 Å². The van der Waals surface area contributed by atoms with Crippen molar-refractivity contribution in [2.24, 2.45) is 5.73 Å². The average Bonchev–Trinajstić information content (AvgIpc) is 2.53. The molecule has 0 aromatic heterocycles. The van der Waals surface area contributed by atoms with E-state index in [9.17, 15) is 0 Å². The van der Waals surface area contributed by atoms with E-state index in [1.54, 1.807) is 14.2 Å². The second-order valence-electron chi connectivity index (χ2n) is 4.45. The van der Waals surface area contributed by atoms with Gasteiger partial charge in [-0.3, -0.25) is 0 Å². The Balaban J connectivity index is 2.23. The quantitative estimate of drug-likeness (QED) is 0.865. The molecular weight excluding hydrogens is 334 g/mol. The molecule has 0 aliphatic carbocycles. The minimum absolute atomic E-state index is 0.416. The van der Waals surface area contributed by atoms with Gasteiger partial charge < -0.3 is 19.9 Å². The molecule has 0 radical (unpaired) electrons. The summed E-state index contributed by atoms with van der Waals surface area (Å²) in [5.74, 6) is 1.82. The van der Waals surface area contributed by atoms with Crippen LogP contribution < -0.4 is 19.9 Å². The predicted molar refractivity (Wildman–Crippen MR) is 85.9 cm³/mol. The summed E-state index contributed by atoms with van der Waals surface area (Å²) < 4.78 is 17.6. The minimum Gasteiger partial charge on any atom is -0.493 e. The van der Waals surface area contributed by atoms with Crippen molar-refractivity contribution in [3.8, 4) is 17.2 Å². The monoisotopic (exact) mass is 351 g/mol. The second kappa shape index (κ2) is 7.33. The van der Waals surface area contributed by atoms with E-state index in [4.69, 9.17) is 19.9 Å². The molecule has 5 heteroatoms. The summed E-state index contributed by atoms with van der Waals surface area (Å²) in [7, 11) is 3.20. The molecule has 4 nitrogen and oxygen atoms in total. The van der Waals surface area contributed by atoms with Crippen LogP contribution in [0.4, 0.5) is 0 Å². The van der Waals surface area contributed by atoms with Gasteiger partial charge >= 0.3 is 0 Å². The predicted octanol–water partition coefficient (Wildman–Crippen LogP) is 3.50. The third-order valence-electron chi connectivity index (χ3n) is 3.05. The molecule has 2 N–H and O–H groups in total. The summed E-state index contributed by atoms with van der Waals surface area (Å²) in [5, 5.41) is 0. The van der Waals surface area contributed by atoms with E-state index in [-0.39, 0.29) is 0 Å². The van der Waals surface area contributed by atoms with Gasteiger partial charge in [0.25, 0.3) is 0 Å². The lowest BCUT2D eigenvalue weighted by Gasteiger charge is -2.16. The molecule has 0 aliphatic heterocycles. The Bertz CT molecular complexity index is 574. The molecule has 0 fully saturated rings. The van der Waals surface area contributed by atoms with E-state index in [0.29, 0.717) is 30.4 Å². The van der Waals surface area contributed by atoms with Crippen LogP contribution >= 0.6 is 15.9 Å². The Morgan fingerprint density at radius 2 is 1.52 bits per heavy atom. The first-order chi connectivity index (χ1) is 10.2. The van der Waals surface area contributed by atoms with Gasteiger partial charge in [0.2, 0.25) is 5.75 Å². The standard InChI is InChI=1S/C16H18BrNO3/c1-19-14-7-12(9-18)8-15(20-2)16(14)21-10-11-3-5-13(17)6-4-11/h3-8H,9-10,18H2,1-2H3. The average molecular weight is 352 g/mol. The number of rotatable bonds is 6. The summed E-state index contributed by atoms with van der Waals surface area (Å²) in [6.45, 7) is 0.849. The molecule has 0 unspecified atom stereocenters. The van der Waals surface area contributed by atoms with E-state index in [1.165, 1.54) is 0 Å². The zero-order valence-electron chi connectivity index (χ0n) is 12.1. The normalized spacial score (nSPS) is 10.3. The van der Waals surface area contributed by atoms with Gasteiger partial charge in [-0.1, -0.05) is 28.1 Å². The molecule has 0 bridgehead atoms. The summed E-state index contributed by atoms with van der Waals surface area (Å²) in [6.07, 6.45) is 0. The van der Waals surface area contributed by atoms with Crippen molar-refractivity contribution in [3.05, 3.63) is 52.0 Å². The maximum atomic E-state index is 5.87. The molecule has 0 spiro atoms. The summed E-state index contributed by atoms with van der Waals surface area (Å²) in [5.41, 5.74) is 7.66. The molecular formula is C16H18BrNO3. The van der Waals surface area contributed by atoms with Crippen LogP contribution in [0.3, 0.4) is 0 Å². The zero-order chi connectivity index (χ0) is 15.2. The Labute approximate surface area is 132 Å². The second-order valence-corrected chi connectivity index (χ2v) is 5.36. The third kappa shape index (κ3) is 3.89. The van der Waals surface area contributed by atoms with E-state index in [0.717, 1.165) is 15.6 Å². The number of nitrogens with two attached hydrogens (primary N) is 1. The van der Waals surface area contributed by atoms with Crippen molar-refractivity contribution < 1.29 is 14.2 Å². The van der Waals surface area contributed by atoms with Crippen molar-refractivity contribution in [1.29, 1.82) is 0 Å². The Morgan fingerprint density at radius 1 is 0.952 bits per heavy atom. The van der Waals surface area contributed by atoms with Gasteiger partial charge in [-0.2, -0.15) is 0 Å². The molecule has 2 aromatic rings. The van der Waals surface area contributed by atoms with Crippen LogP contribution in [0.15, 0.2) is 40.9 Å². The van der Waals surface area contributed by atoms with Crippen LogP contribution in [0.5, 0.6) is 17.2 Å². The largest absolute Gasteiger partial charge is 0.493 e. The van der Waals surface area contributed by atoms with Gasteiger partial charge in [-0.25, -0.2) is 0 Å². The Morgan fingerprint density at radius 3 is 2.00 bits per heavy atom. The van der Waals surface area contributed by atoms with Crippen LogP contribution in [0.2, 0.25) is 0 Å². The first kappa shape index (κ1) is 15.7. The lowest BCUT2D eigenvalue weighted by Crippen LogP contribution is -2.03. The van der Waals surface area contributed by atoms with E-state index in [2.05, 4.69) is 15.9 Å². The summed E-state index contributed by atoms with van der Waals surface area (Å²) in [4.78, 5) is 0. The highest BCUT2D eigenvalue weighted by atomic mass is 79.9. The molecule has 2 rings (SSSR count). The maximum absolute atomic E-state index is 5.87. The lowest BCUT2D eigenvalue weighted by atomic mass is 10.2. The molecule has 0 amide bonds. The molecule has 0 aliphatic rings. The molecule has 2 aromatic carbocycles. The molecule has 0 atom stereocenters. The summed E-state index contributed by atoms with van der Waals surface area (Å²) in [6, 6.07) is 11.7. The number of hydrogen-bond acceptors (Lipinski definition) is 4. The van der Waals surface area contributed by atoms with Gasteiger partial charge in [-0.15, -0.1) is 0 Å². The SMILES string of the molecule is COc1cc(CN)cc(OC)c1OCc1ccc(Br)cc1. The molecule has 21 heavy (non-hydrogen) atoms. The smallest absolute Gasteiger partial charge is 0.203 e. The lowest BCUT2D eigenvalue weighted by molar-refractivity contribution is 0.265. The maximum Gasteiger partial charge on any atom is 0.203 e. The van der Waals surface area contributed by atoms with E-state index >= 15 is 0 Å². The van der Waals surface area contributed by atoms with Gasteiger partial charge in [0.15, 0.2) is 11.5 Å². The van der Waals surface area contributed by atoms with Crippen molar-refractivity contribution in [2.75, 3.05) is 14.2 Å². The van der Waals surface area contributed by atoms with Gasteiger partial charge in [0.05, 0.1) is 14.2 Å². The fourth-order valence-electron chi connectivity index (χ4n) is 1.93. The number of hydrogen-bond donors (Lipinski definition) is 1. The van der Waals surface area contributed by atoms with Crippen LogP contribution in [0, 0.1) is 0 Å².